The molecule has 0 saturated heterocycles. The largest absolute Gasteiger partial charge is 0.481 e. The maximum Gasteiger partial charge on any atom is 0.303 e. The van der Waals surface area contributed by atoms with Crippen LogP contribution in [0.1, 0.15) is 12.8 Å². The average Bonchev–Trinajstić information content (AvgIpc) is 2.37. The molecule has 7 heteroatoms. The van der Waals surface area contributed by atoms with Crippen molar-refractivity contribution in [3.8, 4) is 0 Å². The number of carbonyl (C=O) groups is 1. The van der Waals surface area contributed by atoms with Crippen LogP contribution in [0.4, 0.5) is 5.69 Å². The molecule has 1 heterocycles. The van der Waals surface area contributed by atoms with Gasteiger partial charge in [0.15, 0.2) is 0 Å². The Morgan fingerprint density at radius 2 is 2.11 bits per heavy atom. The van der Waals surface area contributed by atoms with E-state index in [1.54, 1.807) is 17.8 Å². The second kappa shape index (κ2) is 5.83. The molecule has 0 bridgehead atoms. The van der Waals surface area contributed by atoms with Gasteiger partial charge in [0.05, 0.1) is 11.4 Å². The molecule has 1 aromatic rings. The molecule has 2 rings (SSSR count). The zero-order valence-corrected chi connectivity index (χ0v) is 11.9. The number of nitrogens with zero attached hydrogens (tertiary/aromatic N) is 1. The van der Waals surface area contributed by atoms with Crippen molar-refractivity contribution in [1.29, 1.82) is 0 Å². The van der Waals surface area contributed by atoms with Crippen molar-refractivity contribution in [3.05, 3.63) is 24.3 Å². The Balaban J connectivity index is 2.16. The maximum absolute atomic E-state index is 12.3. The van der Waals surface area contributed by atoms with E-state index in [0.717, 1.165) is 10.6 Å². The Morgan fingerprint density at radius 3 is 2.84 bits per heavy atom. The van der Waals surface area contributed by atoms with Crippen LogP contribution >= 0.6 is 11.8 Å². The van der Waals surface area contributed by atoms with Crippen molar-refractivity contribution in [2.24, 2.45) is 0 Å². The van der Waals surface area contributed by atoms with E-state index >= 15 is 0 Å². The van der Waals surface area contributed by atoms with Crippen molar-refractivity contribution in [2.75, 3.05) is 22.4 Å². The lowest BCUT2D eigenvalue weighted by molar-refractivity contribution is -0.137. The Hall–Kier alpha value is -1.21. The number of aliphatic carboxylic acids is 1. The Bertz CT molecular complexity index is 571. The summed E-state index contributed by atoms with van der Waals surface area (Å²) in [6.45, 7) is 0.442. The number of fused-ring (bicyclic) bond motifs is 1. The third kappa shape index (κ3) is 3.42. The fraction of sp³-hybridized carbons (Fsp3) is 0.417. The van der Waals surface area contributed by atoms with Crippen LogP contribution in [0.15, 0.2) is 29.2 Å². The van der Waals surface area contributed by atoms with Crippen LogP contribution in [0.2, 0.25) is 0 Å². The van der Waals surface area contributed by atoms with Crippen molar-refractivity contribution in [1.82, 2.24) is 0 Å². The monoisotopic (exact) mass is 301 g/mol. The van der Waals surface area contributed by atoms with Gasteiger partial charge in [-0.15, -0.1) is 11.8 Å². The number of benzene rings is 1. The van der Waals surface area contributed by atoms with Crippen molar-refractivity contribution in [2.45, 2.75) is 17.7 Å². The number of hydrogen-bond acceptors (Lipinski definition) is 4. The Morgan fingerprint density at radius 1 is 1.37 bits per heavy atom. The fourth-order valence-electron chi connectivity index (χ4n) is 1.95. The van der Waals surface area contributed by atoms with E-state index < -0.39 is 16.0 Å². The Kier molecular flexibility index (Phi) is 4.36. The first-order chi connectivity index (χ1) is 9.00. The highest BCUT2D eigenvalue weighted by Gasteiger charge is 2.27. The lowest BCUT2D eigenvalue weighted by Crippen LogP contribution is -2.37. The maximum atomic E-state index is 12.3. The van der Waals surface area contributed by atoms with Gasteiger partial charge in [-0.25, -0.2) is 8.42 Å². The summed E-state index contributed by atoms with van der Waals surface area (Å²) in [4.78, 5) is 11.4. The highest BCUT2D eigenvalue weighted by molar-refractivity contribution is 8.00. The molecule has 0 spiro atoms. The van der Waals surface area contributed by atoms with Gasteiger partial charge in [-0.05, 0) is 18.6 Å². The number of thioether (sulfide) groups is 1. The highest BCUT2D eigenvalue weighted by atomic mass is 32.2. The normalized spacial score (nSPS) is 15.1. The molecule has 0 amide bonds. The minimum absolute atomic E-state index is 0.122. The standard InChI is InChI=1S/C12H15NO4S2/c14-12(15)6-3-9-19(16,17)13-7-8-18-11-5-2-1-4-10(11)13/h1-2,4-5H,3,6-9H2,(H,14,15). The van der Waals surface area contributed by atoms with Crippen LogP contribution in [0.3, 0.4) is 0 Å². The molecule has 0 atom stereocenters. The van der Waals surface area contributed by atoms with Crippen LogP contribution in [0, 0.1) is 0 Å². The first-order valence-electron chi connectivity index (χ1n) is 5.95. The molecule has 104 valence electrons. The number of hydrogen-bond donors (Lipinski definition) is 1. The van der Waals surface area contributed by atoms with Gasteiger partial charge in [-0.1, -0.05) is 12.1 Å². The van der Waals surface area contributed by atoms with Crippen LogP contribution in [0.5, 0.6) is 0 Å². The summed E-state index contributed by atoms with van der Waals surface area (Å²) in [6.07, 6.45) is 0.0208. The number of rotatable bonds is 5. The van der Waals surface area contributed by atoms with Crippen molar-refractivity contribution >= 4 is 33.4 Å². The summed E-state index contributed by atoms with van der Waals surface area (Å²) < 4.78 is 25.9. The molecule has 0 fully saturated rings. The predicted molar refractivity (Wildman–Crippen MR) is 75.2 cm³/mol. The molecule has 0 radical (unpaired) electrons. The average molecular weight is 301 g/mol. The predicted octanol–water partition coefficient (Wildman–Crippen LogP) is 1.79. The fourth-order valence-corrected chi connectivity index (χ4v) is 4.68. The minimum atomic E-state index is -3.44. The summed E-state index contributed by atoms with van der Waals surface area (Å²) in [5.41, 5.74) is 0.703. The van der Waals surface area contributed by atoms with Crippen molar-refractivity contribution < 1.29 is 18.3 Å². The highest BCUT2D eigenvalue weighted by Crippen LogP contribution is 2.35. The van der Waals surface area contributed by atoms with Crippen LogP contribution in [-0.2, 0) is 14.8 Å². The number of para-hydroxylation sites is 1. The topological polar surface area (TPSA) is 74.7 Å². The molecule has 19 heavy (non-hydrogen) atoms. The van der Waals surface area contributed by atoms with Gasteiger partial charge in [0.25, 0.3) is 0 Å². The van der Waals surface area contributed by atoms with Gasteiger partial charge in [0.2, 0.25) is 10.0 Å². The first-order valence-corrected chi connectivity index (χ1v) is 8.54. The number of sulfonamides is 1. The molecule has 0 saturated carbocycles. The van der Waals surface area contributed by atoms with Gasteiger partial charge in [0, 0.05) is 23.6 Å². The Labute approximate surface area is 116 Å². The molecular weight excluding hydrogens is 286 g/mol. The molecule has 0 aliphatic carbocycles. The molecule has 1 N–H and O–H groups in total. The van der Waals surface area contributed by atoms with Gasteiger partial charge in [0.1, 0.15) is 0 Å². The molecule has 0 unspecified atom stereocenters. The first kappa shape index (κ1) is 14.2. The second-order valence-electron chi connectivity index (χ2n) is 4.20. The summed E-state index contributed by atoms with van der Waals surface area (Å²) in [7, 11) is -3.44. The number of carboxylic acids is 1. The van der Waals surface area contributed by atoms with E-state index in [-0.39, 0.29) is 18.6 Å². The van der Waals surface area contributed by atoms with Gasteiger partial charge < -0.3 is 5.11 Å². The van der Waals surface area contributed by atoms with Crippen molar-refractivity contribution in [3.63, 3.8) is 0 Å². The van der Waals surface area contributed by atoms with Crippen LogP contribution < -0.4 is 4.31 Å². The van der Waals surface area contributed by atoms with Gasteiger partial charge in [-0.3, -0.25) is 9.10 Å². The number of anilines is 1. The molecule has 1 aliphatic heterocycles. The smallest absolute Gasteiger partial charge is 0.303 e. The van der Waals surface area contributed by atoms with E-state index in [0.29, 0.717) is 12.2 Å². The minimum Gasteiger partial charge on any atom is -0.481 e. The van der Waals surface area contributed by atoms with Crippen LogP contribution in [0.25, 0.3) is 0 Å². The molecule has 0 aromatic heterocycles. The van der Waals surface area contributed by atoms with E-state index in [2.05, 4.69) is 0 Å². The van der Waals surface area contributed by atoms with Gasteiger partial charge in [-0.2, -0.15) is 0 Å². The lowest BCUT2D eigenvalue weighted by Gasteiger charge is -2.29. The van der Waals surface area contributed by atoms with E-state index in [1.807, 2.05) is 18.2 Å². The molecular formula is C12H15NO4S2. The van der Waals surface area contributed by atoms with E-state index in [1.165, 1.54) is 4.31 Å². The van der Waals surface area contributed by atoms with Gasteiger partial charge >= 0.3 is 5.97 Å². The summed E-state index contributed by atoms with van der Waals surface area (Å²) in [5.74, 6) is -0.377. The summed E-state index contributed by atoms with van der Waals surface area (Å²) in [6, 6.07) is 7.38. The SMILES string of the molecule is O=C(O)CCCS(=O)(=O)N1CCSc2ccccc21. The molecule has 1 aliphatic rings. The third-order valence-corrected chi connectivity index (χ3v) is 5.71. The lowest BCUT2D eigenvalue weighted by atomic mass is 10.3. The number of carboxylic acid groups (broad SMARTS) is 1. The zero-order valence-electron chi connectivity index (χ0n) is 10.3. The molecule has 1 aromatic carbocycles. The second-order valence-corrected chi connectivity index (χ2v) is 7.35. The van der Waals surface area contributed by atoms with Crippen LogP contribution in [-0.4, -0.2) is 37.5 Å². The van der Waals surface area contributed by atoms with E-state index in [4.69, 9.17) is 5.11 Å². The summed E-state index contributed by atoms with van der Waals surface area (Å²) >= 11 is 1.64. The quantitative estimate of drug-likeness (QED) is 0.897. The third-order valence-electron chi connectivity index (χ3n) is 2.81. The molecule has 5 nitrogen and oxygen atoms in total. The van der Waals surface area contributed by atoms with E-state index in [9.17, 15) is 13.2 Å². The summed E-state index contributed by atoms with van der Waals surface area (Å²) in [5, 5.41) is 8.57. The zero-order chi connectivity index (χ0) is 13.9.